The lowest BCUT2D eigenvalue weighted by Gasteiger charge is -2.43. The third-order valence-corrected chi connectivity index (χ3v) is 11.1. The van der Waals surface area contributed by atoms with Crippen molar-refractivity contribution in [2.75, 3.05) is 25.3 Å². The summed E-state index contributed by atoms with van der Waals surface area (Å²) in [7, 11) is -1.76. The number of ether oxygens (including phenoxy) is 2. The highest BCUT2D eigenvalue weighted by molar-refractivity contribution is 6.72. The molecule has 1 fully saturated rings. The van der Waals surface area contributed by atoms with E-state index in [1.165, 1.54) is 5.01 Å². The zero-order chi connectivity index (χ0) is 29.3. The monoisotopic (exact) mass is 581 g/mol. The zero-order valence-corrected chi connectivity index (χ0v) is 25.3. The van der Waals surface area contributed by atoms with E-state index in [0.29, 0.717) is 30.8 Å². The average Bonchev–Trinajstić information content (AvgIpc) is 3.45. The molecule has 41 heavy (non-hydrogen) atoms. The molecule has 0 bridgehead atoms. The van der Waals surface area contributed by atoms with Gasteiger partial charge in [-0.2, -0.15) is 5.10 Å². The molecule has 3 heterocycles. The number of rotatable bonds is 8. The number of carbonyl (C=O) groups is 2. The lowest BCUT2D eigenvalue weighted by atomic mass is 9.86. The predicted octanol–water partition coefficient (Wildman–Crippen LogP) is 5.22. The Morgan fingerprint density at radius 2 is 1.98 bits per heavy atom. The van der Waals surface area contributed by atoms with E-state index < -0.39 is 26.2 Å². The summed E-state index contributed by atoms with van der Waals surface area (Å²) in [5, 5.41) is 15.9. The lowest BCUT2D eigenvalue weighted by Crippen LogP contribution is -2.48. The molecule has 5 rings (SSSR count). The van der Waals surface area contributed by atoms with Crippen LogP contribution in [-0.4, -0.2) is 68.3 Å². The van der Waals surface area contributed by atoms with Crippen molar-refractivity contribution in [1.82, 2.24) is 4.90 Å². The molecule has 1 N–H and O–H groups in total. The van der Waals surface area contributed by atoms with E-state index in [9.17, 15) is 14.7 Å². The number of nitrogens with zero attached hydrogens (tertiary/aromatic N) is 3. The highest BCUT2D eigenvalue weighted by atomic mass is 28.4. The summed E-state index contributed by atoms with van der Waals surface area (Å²) in [6, 6.07) is 15.1. The summed E-state index contributed by atoms with van der Waals surface area (Å²) in [5.41, 5.74) is 2.62. The molecule has 0 aliphatic carbocycles. The van der Waals surface area contributed by atoms with Crippen molar-refractivity contribution >= 4 is 31.6 Å². The molecule has 0 aromatic heterocycles. The van der Waals surface area contributed by atoms with E-state index in [0.717, 1.165) is 29.7 Å². The minimum Gasteiger partial charge on any atom is -0.490 e. The van der Waals surface area contributed by atoms with Crippen LogP contribution in [0.1, 0.15) is 56.3 Å². The van der Waals surface area contributed by atoms with Gasteiger partial charge in [-0.15, -0.1) is 0 Å². The highest BCUT2D eigenvalue weighted by Gasteiger charge is 2.49. The minimum absolute atomic E-state index is 0.0321. The van der Waals surface area contributed by atoms with Crippen molar-refractivity contribution in [3.05, 3.63) is 59.7 Å². The summed E-state index contributed by atoms with van der Waals surface area (Å²) in [6.45, 7) is 5.72. The molecule has 220 valence electrons. The molecule has 8 nitrogen and oxygen atoms in total. The molecule has 3 aliphatic rings. The number of amides is 2. The maximum Gasteiger partial charge on any atom is 0.248 e. The summed E-state index contributed by atoms with van der Waals surface area (Å²) in [4.78, 5) is 28.0. The Balaban J connectivity index is 1.43. The number of hydrogen-bond donors (Lipinski definition) is 1. The van der Waals surface area contributed by atoms with E-state index in [1.807, 2.05) is 43.3 Å². The molecule has 3 aliphatic heterocycles. The number of halogens is 1. The highest BCUT2D eigenvalue weighted by Crippen LogP contribution is 2.48. The van der Waals surface area contributed by atoms with Crippen LogP contribution in [0.15, 0.2) is 53.6 Å². The first-order valence-electron chi connectivity index (χ1n) is 14.5. The topological polar surface area (TPSA) is 91.7 Å². The van der Waals surface area contributed by atoms with Crippen LogP contribution in [0.2, 0.25) is 18.6 Å². The van der Waals surface area contributed by atoms with Crippen molar-refractivity contribution in [3.63, 3.8) is 0 Å². The van der Waals surface area contributed by atoms with Gasteiger partial charge in [0.15, 0.2) is 0 Å². The number of fused-ring (bicyclic) bond motifs is 1. The number of hydrazone groups is 1. The van der Waals surface area contributed by atoms with E-state index in [4.69, 9.17) is 14.6 Å². The first-order valence-corrected chi connectivity index (χ1v) is 17.5. The SMILES string of the molecule is CO[C@@H]1c2cc(N3N=C(c4ccccc4)CCC3=O)ccc2O[C@H](C(CC(=O)N2CCC[C@H]2CO)[Si](C)(C)F)[C@H]1C. The molecule has 2 aromatic rings. The number of anilines is 1. The number of aliphatic hydroxyl groups excluding tert-OH is 1. The van der Waals surface area contributed by atoms with E-state index in [1.54, 1.807) is 37.2 Å². The quantitative estimate of drug-likeness (QED) is 0.341. The van der Waals surface area contributed by atoms with Crippen molar-refractivity contribution in [2.24, 2.45) is 11.0 Å². The Morgan fingerprint density at radius 1 is 1.22 bits per heavy atom. The maximum absolute atomic E-state index is 15.9. The van der Waals surface area contributed by atoms with Crippen LogP contribution in [-0.2, 0) is 14.3 Å². The Kier molecular flexibility index (Phi) is 8.63. The fourth-order valence-corrected chi connectivity index (χ4v) is 8.31. The second-order valence-electron chi connectivity index (χ2n) is 11.9. The maximum atomic E-state index is 15.9. The van der Waals surface area contributed by atoms with Crippen LogP contribution in [0.25, 0.3) is 0 Å². The first-order chi connectivity index (χ1) is 19.6. The molecule has 0 saturated carbocycles. The largest absolute Gasteiger partial charge is 0.490 e. The molecule has 2 aromatic carbocycles. The van der Waals surface area contributed by atoms with Crippen molar-refractivity contribution < 1.29 is 28.3 Å². The molecule has 0 radical (unpaired) electrons. The molecular weight excluding hydrogens is 541 g/mol. The Hall–Kier alpha value is -3.08. The molecule has 1 saturated heterocycles. The van der Waals surface area contributed by atoms with Crippen molar-refractivity contribution in [2.45, 2.75) is 75.9 Å². The van der Waals surface area contributed by atoms with Crippen molar-refractivity contribution in [3.8, 4) is 5.75 Å². The Labute approximate surface area is 242 Å². The fraction of sp³-hybridized carbons (Fsp3) is 0.516. The van der Waals surface area contributed by atoms with E-state index >= 15 is 4.11 Å². The van der Waals surface area contributed by atoms with Crippen LogP contribution in [0, 0.1) is 5.92 Å². The Bertz CT molecular complexity index is 1300. The smallest absolute Gasteiger partial charge is 0.248 e. The van der Waals surface area contributed by atoms with Gasteiger partial charge in [0.2, 0.25) is 20.2 Å². The number of carbonyl (C=O) groups excluding carboxylic acids is 2. The van der Waals surface area contributed by atoms with Gasteiger partial charge < -0.3 is 23.6 Å². The molecule has 5 atom stereocenters. The van der Waals surface area contributed by atoms with Gasteiger partial charge in [0, 0.05) is 49.9 Å². The molecule has 2 amide bonds. The van der Waals surface area contributed by atoms with Gasteiger partial charge in [0.05, 0.1) is 30.2 Å². The first kappa shape index (κ1) is 29.4. The number of hydrogen-bond acceptors (Lipinski definition) is 6. The predicted molar refractivity (Wildman–Crippen MR) is 158 cm³/mol. The second kappa shape index (κ2) is 12.0. The zero-order valence-electron chi connectivity index (χ0n) is 24.3. The van der Waals surface area contributed by atoms with Crippen molar-refractivity contribution in [1.29, 1.82) is 0 Å². The lowest BCUT2D eigenvalue weighted by molar-refractivity contribution is -0.133. The van der Waals surface area contributed by atoms with Crippen LogP contribution in [0.4, 0.5) is 9.80 Å². The number of aliphatic hydroxyl groups is 1. The minimum atomic E-state index is -3.37. The van der Waals surface area contributed by atoms with Gasteiger partial charge in [-0.05, 0) is 49.7 Å². The normalized spacial score (nSPS) is 25.4. The second-order valence-corrected chi connectivity index (χ2v) is 15.7. The summed E-state index contributed by atoms with van der Waals surface area (Å²) >= 11 is 0. The van der Waals surface area contributed by atoms with Gasteiger partial charge in [-0.3, -0.25) is 9.59 Å². The van der Waals surface area contributed by atoms with Gasteiger partial charge in [-0.1, -0.05) is 37.3 Å². The summed E-state index contributed by atoms with van der Waals surface area (Å²) < 4.78 is 28.4. The average molecular weight is 582 g/mol. The van der Waals surface area contributed by atoms with Crippen LogP contribution in [0.3, 0.4) is 0 Å². The summed E-state index contributed by atoms with van der Waals surface area (Å²) in [5.74, 6) is 0.0840. The summed E-state index contributed by atoms with van der Waals surface area (Å²) in [6.07, 6.45) is 1.57. The molecule has 0 spiro atoms. The van der Waals surface area contributed by atoms with Crippen LogP contribution >= 0.6 is 0 Å². The van der Waals surface area contributed by atoms with E-state index in [-0.39, 0.29) is 36.8 Å². The van der Waals surface area contributed by atoms with Gasteiger partial charge in [0.25, 0.3) is 0 Å². The number of likely N-dealkylation sites (tertiary alicyclic amines) is 1. The molecule has 1 unspecified atom stereocenters. The van der Waals surface area contributed by atoms with Gasteiger partial charge in [-0.25, -0.2) is 5.01 Å². The third kappa shape index (κ3) is 5.96. The third-order valence-electron chi connectivity index (χ3n) is 8.78. The standard InChI is InChI=1S/C31H40FN3O5Si/c1-20-30(39-2)24-17-22(35-28(37)15-13-25(33-35)21-9-6-5-7-10-21)12-14-26(24)40-31(20)27(41(3,4)32)18-29(38)34-16-8-11-23(34)19-36/h5-7,9-10,12,14,17,20,23,27,30-31,36H,8,11,13,15-16,18-19H2,1-4H3/t20-,23-,27?,30-,31-/m0/s1. The van der Waals surface area contributed by atoms with Crippen LogP contribution in [0.5, 0.6) is 5.75 Å². The van der Waals surface area contributed by atoms with Crippen LogP contribution < -0.4 is 9.75 Å². The molecular formula is C31H40FN3O5Si. The van der Waals surface area contributed by atoms with E-state index in [2.05, 4.69) is 0 Å². The van der Waals surface area contributed by atoms with Gasteiger partial charge in [0.1, 0.15) is 11.9 Å². The van der Waals surface area contributed by atoms with Gasteiger partial charge >= 0.3 is 0 Å². The molecule has 10 heteroatoms. The number of methoxy groups -OCH3 is 1. The number of benzene rings is 2. The fourth-order valence-electron chi connectivity index (χ4n) is 6.50. The Morgan fingerprint density at radius 3 is 2.66 bits per heavy atom.